The number of aromatic nitrogens is 1. The van der Waals surface area contributed by atoms with Crippen molar-refractivity contribution in [2.24, 2.45) is 0 Å². The second kappa shape index (κ2) is 8.11. The van der Waals surface area contributed by atoms with Crippen LogP contribution in [0.1, 0.15) is 44.7 Å². The summed E-state index contributed by atoms with van der Waals surface area (Å²) in [5, 5.41) is 0.564. The second-order valence-corrected chi connectivity index (χ2v) is 9.23. The van der Waals surface area contributed by atoms with E-state index in [1.54, 1.807) is 29.2 Å². The highest BCUT2D eigenvalue weighted by Gasteiger charge is 2.38. The summed E-state index contributed by atoms with van der Waals surface area (Å²) >= 11 is 1.45. The molecule has 2 aromatic carbocycles. The van der Waals surface area contributed by atoms with Crippen molar-refractivity contribution in [1.82, 2.24) is 9.88 Å². The minimum atomic E-state index is -0.438. The molecule has 1 fully saturated rings. The summed E-state index contributed by atoms with van der Waals surface area (Å²) in [5.41, 5.74) is 3.68. The summed E-state index contributed by atoms with van der Waals surface area (Å²) in [7, 11) is 0. The van der Waals surface area contributed by atoms with Crippen LogP contribution < -0.4 is 4.90 Å². The quantitative estimate of drug-likeness (QED) is 0.555. The average Bonchev–Trinajstić information content (AvgIpc) is 3.52. The smallest absolute Gasteiger partial charge is 0.262 e. The number of thiazole rings is 1. The molecular weight excluding hydrogens is 426 g/mol. The molecule has 3 amide bonds. The lowest BCUT2D eigenvalue weighted by molar-refractivity contribution is -0.119. The summed E-state index contributed by atoms with van der Waals surface area (Å²) < 4.78 is 6.81. The Balaban J connectivity index is 1.47. The van der Waals surface area contributed by atoms with Gasteiger partial charge in [-0.05, 0) is 49.9 Å². The van der Waals surface area contributed by atoms with E-state index in [0.717, 1.165) is 39.1 Å². The van der Waals surface area contributed by atoms with Crippen molar-refractivity contribution in [3.8, 4) is 0 Å². The third-order valence-electron chi connectivity index (χ3n) is 6.04. The first-order chi connectivity index (χ1) is 15.4. The molecular formula is C24H23N3O4S. The predicted octanol–water partition coefficient (Wildman–Crippen LogP) is 3.72. The molecule has 1 atom stereocenters. The van der Waals surface area contributed by atoms with Gasteiger partial charge >= 0.3 is 0 Å². The Hall–Kier alpha value is -3.10. The number of amides is 3. The first-order valence-corrected chi connectivity index (χ1v) is 11.5. The molecule has 1 unspecified atom stereocenters. The number of ether oxygens (including phenoxy) is 1. The number of aryl methyl sites for hydroxylation is 2. The van der Waals surface area contributed by atoms with Crippen LogP contribution >= 0.6 is 11.3 Å². The van der Waals surface area contributed by atoms with Crippen LogP contribution in [0.2, 0.25) is 0 Å². The molecule has 1 saturated heterocycles. The number of nitrogens with zero attached hydrogens (tertiary/aromatic N) is 3. The minimum absolute atomic E-state index is 0.0877. The Labute approximate surface area is 189 Å². The van der Waals surface area contributed by atoms with Crippen LogP contribution in [-0.2, 0) is 9.53 Å². The molecule has 3 heterocycles. The molecule has 0 N–H and O–H groups in total. The van der Waals surface area contributed by atoms with Crippen molar-refractivity contribution in [1.29, 1.82) is 0 Å². The van der Waals surface area contributed by atoms with Crippen LogP contribution in [0.3, 0.4) is 0 Å². The van der Waals surface area contributed by atoms with E-state index >= 15 is 0 Å². The minimum Gasteiger partial charge on any atom is -0.376 e. The zero-order chi connectivity index (χ0) is 22.4. The van der Waals surface area contributed by atoms with E-state index in [4.69, 9.17) is 9.72 Å². The maximum Gasteiger partial charge on any atom is 0.262 e. The molecule has 2 aliphatic rings. The number of carbonyl (C=O) groups excluding carboxylic acids is 3. The lowest BCUT2D eigenvalue weighted by atomic mass is 10.1. The maximum absolute atomic E-state index is 13.5. The van der Waals surface area contributed by atoms with Crippen molar-refractivity contribution in [2.75, 3.05) is 24.6 Å². The van der Waals surface area contributed by atoms with Gasteiger partial charge in [-0.15, -0.1) is 0 Å². The molecule has 5 rings (SSSR count). The normalized spacial score (nSPS) is 17.9. The van der Waals surface area contributed by atoms with Gasteiger partial charge < -0.3 is 4.74 Å². The maximum atomic E-state index is 13.5. The van der Waals surface area contributed by atoms with Gasteiger partial charge in [0.1, 0.15) is 6.54 Å². The first kappa shape index (κ1) is 20.8. The number of imide groups is 1. The number of fused-ring (bicyclic) bond motifs is 2. The lowest BCUT2D eigenvalue weighted by Crippen LogP contribution is -2.45. The fourth-order valence-electron chi connectivity index (χ4n) is 4.25. The van der Waals surface area contributed by atoms with E-state index in [2.05, 4.69) is 0 Å². The van der Waals surface area contributed by atoms with Gasteiger partial charge in [-0.3, -0.25) is 24.2 Å². The molecule has 8 heteroatoms. The molecule has 3 aromatic rings. The van der Waals surface area contributed by atoms with E-state index < -0.39 is 11.8 Å². The van der Waals surface area contributed by atoms with Gasteiger partial charge in [-0.1, -0.05) is 35.6 Å². The van der Waals surface area contributed by atoms with Crippen molar-refractivity contribution in [3.63, 3.8) is 0 Å². The van der Waals surface area contributed by atoms with E-state index in [-0.39, 0.29) is 18.6 Å². The molecule has 0 aliphatic carbocycles. The molecule has 0 bridgehead atoms. The summed E-state index contributed by atoms with van der Waals surface area (Å²) in [6.45, 7) is 4.71. The highest BCUT2D eigenvalue weighted by molar-refractivity contribution is 7.22. The van der Waals surface area contributed by atoms with Crippen LogP contribution in [0.15, 0.2) is 36.4 Å². The molecule has 0 radical (unpaired) electrons. The molecule has 164 valence electrons. The largest absolute Gasteiger partial charge is 0.376 e. The van der Waals surface area contributed by atoms with Crippen LogP contribution in [-0.4, -0.2) is 53.4 Å². The fraction of sp³-hybridized carbons (Fsp3) is 0.333. The zero-order valence-electron chi connectivity index (χ0n) is 18.0. The number of anilines is 1. The molecule has 7 nitrogen and oxygen atoms in total. The van der Waals surface area contributed by atoms with Gasteiger partial charge in [0.15, 0.2) is 5.13 Å². The standard InChI is InChI=1S/C24H23N3O4S/c1-14-9-10-15(2)21-20(14)25-24(32-21)26(12-16-6-5-11-31-16)19(28)13-27-22(29)17-7-3-4-8-18(17)23(27)30/h3-4,7-10,16H,5-6,11-13H2,1-2H3. The van der Waals surface area contributed by atoms with Gasteiger partial charge in [-0.25, -0.2) is 4.98 Å². The summed E-state index contributed by atoms with van der Waals surface area (Å²) in [6.07, 6.45) is 1.72. The number of hydrogen-bond acceptors (Lipinski definition) is 6. The van der Waals surface area contributed by atoms with Crippen molar-refractivity contribution in [2.45, 2.75) is 32.8 Å². The molecule has 2 aliphatic heterocycles. The van der Waals surface area contributed by atoms with Crippen LogP contribution in [0, 0.1) is 13.8 Å². The van der Waals surface area contributed by atoms with Gasteiger partial charge in [0.05, 0.1) is 34.0 Å². The van der Waals surface area contributed by atoms with Gasteiger partial charge in [0, 0.05) is 6.61 Å². The summed E-state index contributed by atoms with van der Waals surface area (Å²) in [5.74, 6) is -1.22. The zero-order valence-corrected chi connectivity index (χ0v) is 18.8. The molecule has 1 aromatic heterocycles. The Bertz CT molecular complexity index is 1170. The number of rotatable bonds is 5. The number of carbonyl (C=O) groups is 3. The van der Waals surface area contributed by atoms with Crippen molar-refractivity contribution >= 4 is 44.4 Å². The summed E-state index contributed by atoms with van der Waals surface area (Å²) in [4.78, 5) is 46.4. The summed E-state index contributed by atoms with van der Waals surface area (Å²) in [6, 6.07) is 10.7. The molecule has 0 saturated carbocycles. The third-order valence-corrected chi connectivity index (χ3v) is 7.26. The Morgan fingerprint density at radius 3 is 2.44 bits per heavy atom. The average molecular weight is 450 g/mol. The van der Waals surface area contributed by atoms with E-state index in [9.17, 15) is 14.4 Å². The SMILES string of the molecule is Cc1ccc(C)c2sc(N(CC3CCCO3)C(=O)CN3C(=O)c4ccccc4C3=O)nc12. The fourth-order valence-corrected chi connectivity index (χ4v) is 5.38. The van der Waals surface area contributed by atoms with E-state index in [1.165, 1.54) is 11.3 Å². The highest BCUT2D eigenvalue weighted by Crippen LogP contribution is 2.34. The monoisotopic (exact) mass is 449 g/mol. The van der Waals surface area contributed by atoms with Crippen LogP contribution in [0.25, 0.3) is 10.2 Å². The van der Waals surface area contributed by atoms with Gasteiger partial charge in [0.25, 0.3) is 11.8 Å². The molecule has 0 spiro atoms. The lowest BCUT2D eigenvalue weighted by Gasteiger charge is -2.25. The van der Waals surface area contributed by atoms with Crippen LogP contribution in [0.4, 0.5) is 5.13 Å². The van der Waals surface area contributed by atoms with Crippen molar-refractivity contribution in [3.05, 3.63) is 58.7 Å². The number of hydrogen-bond donors (Lipinski definition) is 0. The Morgan fingerprint density at radius 1 is 1.12 bits per heavy atom. The van der Waals surface area contributed by atoms with Gasteiger partial charge in [-0.2, -0.15) is 0 Å². The van der Waals surface area contributed by atoms with E-state index in [0.29, 0.717) is 29.4 Å². The molecule has 32 heavy (non-hydrogen) atoms. The number of benzene rings is 2. The Kier molecular flexibility index (Phi) is 5.27. The van der Waals surface area contributed by atoms with Crippen molar-refractivity contribution < 1.29 is 19.1 Å². The first-order valence-electron chi connectivity index (χ1n) is 10.7. The Morgan fingerprint density at radius 2 is 1.81 bits per heavy atom. The second-order valence-electron chi connectivity index (χ2n) is 8.25. The van der Waals surface area contributed by atoms with Crippen LogP contribution in [0.5, 0.6) is 0 Å². The van der Waals surface area contributed by atoms with E-state index in [1.807, 2.05) is 26.0 Å². The highest BCUT2D eigenvalue weighted by atomic mass is 32.1. The topological polar surface area (TPSA) is 79.8 Å². The van der Waals surface area contributed by atoms with Gasteiger partial charge in [0.2, 0.25) is 5.91 Å². The predicted molar refractivity (Wildman–Crippen MR) is 122 cm³/mol. The third kappa shape index (κ3) is 3.49.